The third kappa shape index (κ3) is 2.32. The number of nitrogens with zero attached hydrogens (tertiary/aromatic N) is 4. The van der Waals surface area contributed by atoms with Gasteiger partial charge in [0, 0.05) is 21.5 Å². The number of rotatable bonds is 0. The second kappa shape index (κ2) is 7.83. The van der Waals surface area contributed by atoms with Crippen molar-refractivity contribution < 1.29 is 13.9 Å². The summed E-state index contributed by atoms with van der Waals surface area (Å²) in [6.07, 6.45) is 0. The Bertz CT molecular complexity index is 3540. The molecule has 0 saturated heterocycles. The molecule has 6 aromatic carbocycles. The monoisotopic (exact) mass is 660 g/mol. The lowest BCUT2D eigenvalue weighted by Crippen LogP contribution is -2.74. The summed E-state index contributed by atoms with van der Waals surface area (Å²) in [6, 6.07) is 54.0. The van der Waals surface area contributed by atoms with E-state index in [4.69, 9.17) is 4.74 Å². The number of pyridine rings is 4. The largest absolute Gasteiger partial charge is 0.428 e. The molecule has 0 unspecified atom stereocenters. The van der Waals surface area contributed by atoms with E-state index in [1.807, 2.05) is 0 Å². The van der Waals surface area contributed by atoms with Crippen molar-refractivity contribution in [1.82, 2.24) is 8.80 Å². The quantitative estimate of drug-likeness (QED) is 0.117. The molecule has 9 heterocycles. The van der Waals surface area contributed by atoms with Crippen molar-refractivity contribution in [2.45, 2.75) is 5.66 Å². The number of hydrogen-bond donors (Lipinski definition) is 0. The Hall–Kier alpha value is -6.98. The van der Waals surface area contributed by atoms with Crippen LogP contribution >= 0.6 is 0 Å². The third-order valence-electron chi connectivity index (χ3n) is 12.8. The highest BCUT2D eigenvalue weighted by atomic mass is 16.5. The molecule has 3 aliphatic rings. The van der Waals surface area contributed by atoms with Crippen LogP contribution in [-0.4, -0.2) is 8.80 Å². The number of para-hydroxylation sites is 2. The lowest BCUT2D eigenvalue weighted by atomic mass is 9.90. The van der Waals surface area contributed by atoms with Crippen molar-refractivity contribution in [3.8, 4) is 11.8 Å². The van der Waals surface area contributed by atoms with Crippen LogP contribution in [0, 0.1) is 0 Å². The molecule has 12 aromatic rings. The van der Waals surface area contributed by atoms with Crippen LogP contribution in [0.15, 0.2) is 146 Å². The Kier molecular flexibility index (Phi) is 3.77. The summed E-state index contributed by atoms with van der Waals surface area (Å²) in [7, 11) is 0. The van der Waals surface area contributed by atoms with E-state index < -0.39 is 5.66 Å². The van der Waals surface area contributed by atoms with E-state index in [1.165, 1.54) is 109 Å². The highest BCUT2D eigenvalue weighted by Crippen LogP contribution is 2.56. The van der Waals surface area contributed by atoms with Gasteiger partial charge in [-0.15, -0.1) is 0 Å². The van der Waals surface area contributed by atoms with Crippen LogP contribution in [-0.2, 0) is 5.66 Å². The van der Waals surface area contributed by atoms with Crippen molar-refractivity contribution in [3.63, 3.8) is 0 Å². The molecule has 6 aromatic heterocycles. The summed E-state index contributed by atoms with van der Waals surface area (Å²) in [5.41, 5.74) is 11.8. The van der Waals surface area contributed by atoms with E-state index in [0.29, 0.717) is 0 Å². The van der Waals surface area contributed by atoms with Crippen molar-refractivity contribution in [3.05, 3.63) is 157 Å². The zero-order valence-corrected chi connectivity index (χ0v) is 27.6. The van der Waals surface area contributed by atoms with E-state index >= 15 is 0 Å². The molecule has 5 nitrogen and oxygen atoms in total. The second-order valence-corrected chi connectivity index (χ2v) is 14.8. The normalized spacial score (nSPS) is 14.8. The van der Waals surface area contributed by atoms with Crippen LogP contribution in [0.2, 0.25) is 0 Å². The fourth-order valence-electron chi connectivity index (χ4n) is 11.1. The van der Waals surface area contributed by atoms with Crippen LogP contribution in [0.4, 0.5) is 0 Å². The van der Waals surface area contributed by atoms with Gasteiger partial charge in [0.1, 0.15) is 22.2 Å². The highest BCUT2D eigenvalue weighted by molar-refractivity contribution is 6.26. The van der Waals surface area contributed by atoms with Crippen LogP contribution in [0.3, 0.4) is 0 Å². The first-order chi connectivity index (χ1) is 25.8. The Labute approximate surface area is 293 Å². The molecule has 0 fully saturated rings. The minimum Gasteiger partial charge on any atom is -0.348 e. The van der Waals surface area contributed by atoms with Gasteiger partial charge in [0.25, 0.3) is 0 Å². The predicted octanol–water partition coefficient (Wildman–Crippen LogP) is 10.0. The second-order valence-electron chi connectivity index (χ2n) is 14.8. The molecule has 236 valence electrons. The molecule has 0 atom stereocenters. The Morgan fingerprint density at radius 1 is 0.385 bits per heavy atom. The maximum absolute atomic E-state index is 7.08. The van der Waals surface area contributed by atoms with Gasteiger partial charge in [-0.1, -0.05) is 106 Å². The predicted molar refractivity (Wildman–Crippen MR) is 207 cm³/mol. The van der Waals surface area contributed by atoms with E-state index in [1.54, 1.807) is 0 Å². The third-order valence-corrected chi connectivity index (χ3v) is 12.8. The molecule has 5 heteroatoms. The van der Waals surface area contributed by atoms with Crippen molar-refractivity contribution in [2.24, 2.45) is 0 Å². The van der Waals surface area contributed by atoms with Crippen LogP contribution in [0.25, 0.3) is 98.0 Å². The molecule has 0 amide bonds. The average Bonchev–Trinajstić information content (AvgIpc) is 3.92. The zero-order chi connectivity index (χ0) is 33.2. The Morgan fingerprint density at radius 2 is 0.827 bits per heavy atom. The topological polar surface area (TPSA) is 25.8 Å². The minimum absolute atomic E-state index is 0.727. The van der Waals surface area contributed by atoms with Crippen LogP contribution < -0.4 is 13.9 Å². The van der Waals surface area contributed by atoms with Gasteiger partial charge in [0.05, 0.1) is 45.0 Å². The van der Waals surface area contributed by atoms with Gasteiger partial charge in [-0.3, -0.25) is 0 Å². The summed E-state index contributed by atoms with van der Waals surface area (Å²) in [5, 5.41) is 12.6. The summed E-state index contributed by atoms with van der Waals surface area (Å²) >= 11 is 0. The first-order valence-corrected chi connectivity index (χ1v) is 18.0. The smallest absolute Gasteiger partial charge is 0.348 e. The van der Waals surface area contributed by atoms with Gasteiger partial charge in [0.15, 0.2) is 0 Å². The lowest BCUT2D eigenvalue weighted by molar-refractivity contribution is -0.958. The number of hydrogen-bond acceptors (Lipinski definition) is 1. The molecule has 0 bridgehead atoms. The molecule has 0 saturated carbocycles. The summed E-state index contributed by atoms with van der Waals surface area (Å²) in [4.78, 5) is 0. The molecular weight excluding hydrogens is 637 g/mol. The maximum Gasteiger partial charge on any atom is 0.428 e. The van der Waals surface area contributed by atoms with Crippen LogP contribution in [0.1, 0.15) is 11.1 Å². The Balaban J connectivity index is 1.31. The van der Waals surface area contributed by atoms with E-state index in [0.717, 1.165) is 11.8 Å². The molecule has 3 aliphatic heterocycles. The first kappa shape index (κ1) is 25.0. The maximum atomic E-state index is 7.08. The average molecular weight is 661 g/mol. The number of aromatic nitrogens is 4. The molecular formula is C47H24N4O+2. The molecule has 0 radical (unpaired) electrons. The number of benzene rings is 6. The molecule has 52 heavy (non-hydrogen) atoms. The van der Waals surface area contributed by atoms with E-state index in [-0.39, 0.29) is 0 Å². The Morgan fingerprint density at radius 3 is 1.33 bits per heavy atom. The van der Waals surface area contributed by atoms with Gasteiger partial charge in [-0.25, -0.2) is 0 Å². The molecule has 0 N–H and O–H groups in total. The first-order valence-electron chi connectivity index (χ1n) is 18.0. The van der Waals surface area contributed by atoms with Gasteiger partial charge in [-0.2, -0.15) is 0 Å². The molecule has 0 aliphatic carbocycles. The molecule has 15 rings (SSSR count). The van der Waals surface area contributed by atoms with E-state index in [2.05, 4.69) is 164 Å². The van der Waals surface area contributed by atoms with Crippen molar-refractivity contribution in [1.29, 1.82) is 0 Å². The lowest BCUT2D eigenvalue weighted by Gasteiger charge is -2.24. The highest BCUT2D eigenvalue weighted by Gasteiger charge is 2.72. The molecule has 1 spiro atoms. The van der Waals surface area contributed by atoms with Gasteiger partial charge in [0.2, 0.25) is 11.0 Å². The van der Waals surface area contributed by atoms with Crippen molar-refractivity contribution >= 4 is 98.0 Å². The zero-order valence-electron chi connectivity index (χ0n) is 27.6. The SMILES string of the molecule is c1ccc2c(c1)ccc1c2c2ccc3[n+]4c2c2c(c5ccccc5n12)C41c2c4ccccc4n4c5ccc6ccccc6c5c5ccc([n+]1c5c24)O3. The standard InChI is InChI=1S/C47H24N4O/c1-3-11-27-25(9-1)17-21-35-39(27)31-19-23-37-50-43(31)45-41(29-13-5-7-15-33(29)48(35)45)47(50)42-30-14-6-8-16-34(30)49-36-22-18-26-10-2-4-12-28(26)40(36)32-20-24-38(52-37)51(47)44(32)46(42)49/h1-24H/q+2. The van der Waals surface area contributed by atoms with Crippen molar-refractivity contribution in [2.75, 3.05) is 0 Å². The summed E-state index contributed by atoms with van der Waals surface area (Å²) in [5.74, 6) is 1.72. The van der Waals surface area contributed by atoms with Crippen LogP contribution in [0.5, 0.6) is 11.8 Å². The number of ether oxygens (including phenoxy) is 1. The summed E-state index contributed by atoms with van der Waals surface area (Å²) < 4.78 is 17.3. The fraction of sp³-hybridized carbons (Fsp3) is 0.0213. The summed E-state index contributed by atoms with van der Waals surface area (Å²) in [6.45, 7) is 0. The van der Waals surface area contributed by atoms with E-state index in [9.17, 15) is 0 Å². The van der Waals surface area contributed by atoms with Gasteiger partial charge < -0.3 is 13.5 Å². The van der Waals surface area contributed by atoms with Gasteiger partial charge >= 0.3 is 17.4 Å². The fourth-order valence-corrected chi connectivity index (χ4v) is 11.1. The van der Waals surface area contributed by atoms with Gasteiger partial charge in [-0.05, 0) is 57.9 Å². The minimum atomic E-state index is -0.727. The number of fused-ring (bicyclic) bond motifs is 16.